The molecule has 5 nitrogen and oxygen atoms in total. The lowest BCUT2D eigenvalue weighted by molar-refractivity contribution is -0.118. The zero-order valence-corrected chi connectivity index (χ0v) is 13.1. The van der Waals surface area contributed by atoms with Gasteiger partial charge >= 0.3 is 0 Å². The molecule has 1 heterocycles. The summed E-state index contributed by atoms with van der Waals surface area (Å²) in [6, 6.07) is 11.4. The molecule has 5 heteroatoms. The highest BCUT2D eigenvalue weighted by Crippen LogP contribution is 2.27. The van der Waals surface area contributed by atoms with Crippen LogP contribution in [0.15, 0.2) is 42.6 Å². The number of nitrogens with zero attached hydrogens (tertiary/aromatic N) is 1. The molecule has 2 aromatic rings. The van der Waals surface area contributed by atoms with Gasteiger partial charge in [0.15, 0.2) is 0 Å². The van der Waals surface area contributed by atoms with Crippen molar-refractivity contribution in [2.75, 3.05) is 17.2 Å². The van der Waals surface area contributed by atoms with Crippen molar-refractivity contribution >= 4 is 23.1 Å². The monoisotopic (exact) mass is 299 g/mol. The molecule has 0 aliphatic carbocycles. The molecule has 1 aromatic carbocycles. The predicted octanol–water partition coefficient (Wildman–Crippen LogP) is 3.82. The molecule has 2 N–H and O–H groups in total. The number of pyridine rings is 1. The fraction of sp³-hybridized carbons (Fsp3) is 0.294. The molecule has 0 bridgehead atoms. The Balaban J connectivity index is 2.07. The van der Waals surface area contributed by atoms with Crippen LogP contribution in [0.3, 0.4) is 0 Å². The molecule has 2 rings (SSSR count). The van der Waals surface area contributed by atoms with E-state index in [1.807, 2.05) is 51.1 Å². The van der Waals surface area contributed by atoms with Crippen LogP contribution in [0, 0.1) is 5.92 Å². The lowest BCUT2D eigenvalue weighted by atomic mass is 10.2. The zero-order chi connectivity index (χ0) is 15.9. The summed E-state index contributed by atoms with van der Waals surface area (Å²) in [4.78, 5) is 15.9. The van der Waals surface area contributed by atoms with Crippen molar-refractivity contribution in [3.63, 3.8) is 0 Å². The maximum Gasteiger partial charge on any atom is 0.228 e. The van der Waals surface area contributed by atoms with Gasteiger partial charge in [-0.25, -0.2) is 4.98 Å². The van der Waals surface area contributed by atoms with E-state index >= 15 is 0 Å². The first-order valence-electron chi connectivity index (χ1n) is 7.36. The number of carbonyl (C=O) groups excluding carboxylic acids is 1. The van der Waals surface area contributed by atoms with Gasteiger partial charge in [0, 0.05) is 5.92 Å². The Bertz CT molecular complexity index is 624. The molecule has 0 spiro atoms. The van der Waals surface area contributed by atoms with E-state index in [1.54, 1.807) is 12.3 Å². The highest BCUT2D eigenvalue weighted by atomic mass is 16.5. The number of benzene rings is 1. The van der Waals surface area contributed by atoms with Gasteiger partial charge in [0.2, 0.25) is 5.91 Å². The summed E-state index contributed by atoms with van der Waals surface area (Å²) in [5.41, 5.74) is 1.71. The number of nitrogens with one attached hydrogen (secondary N) is 2. The summed E-state index contributed by atoms with van der Waals surface area (Å²) in [6.07, 6.45) is 1.68. The maximum atomic E-state index is 11.6. The highest BCUT2D eigenvalue weighted by molar-refractivity contribution is 5.91. The van der Waals surface area contributed by atoms with Crippen LogP contribution in [0.25, 0.3) is 0 Å². The SMILES string of the molecule is CCOc1ccccc1Nc1ccc(NC(=O)C(C)C)nc1. The Morgan fingerprint density at radius 3 is 2.64 bits per heavy atom. The second kappa shape index (κ2) is 7.45. The van der Waals surface area contributed by atoms with Crippen LogP contribution >= 0.6 is 0 Å². The molecule has 0 fully saturated rings. The third kappa shape index (κ3) is 4.22. The fourth-order valence-corrected chi connectivity index (χ4v) is 1.82. The molecule has 0 aliphatic heterocycles. The topological polar surface area (TPSA) is 63.2 Å². The lowest BCUT2D eigenvalue weighted by Crippen LogP contribution is -2.18. The van der Waals surface area contributed by atoms with Gasteiger partial charge in [-0.05, 0) is 31.2 Å². The Hall–Kier alpha value is -2.56. The van der Waals surface area contributed by atoms with E-state index in [4.69, 9.17) is 4.74 Å². The van der Waals surface area contributed by atoms with Gasteiger partial charge in [0.1, 0.15) is 11.6 Å². The first-order chi connectivity index (χ1) is 10.6. The Labute approximate surface area is 130 Å². The van der Waals surface area contributed by atoms with E-state index in [0.29, 0.717) is 12.4 Å². The molecular formula is C17H21N3O2. The Morgan fingerprint density at radius 2 is 2.00 bits per heavy atom. The minimum absolute atomic E-state index is 0.0464. The third-order valence-electron chi connectivity index (χ3n) is 3.01. The van der Waals surface area contributed by atoms with Gasteiger partial charge in [0.25, 0.3) is 0 Å². The minimum Gasteiger partial charge on any atom is -0.492 e. The van der Waals surface area contributed by atoms with Gasteiger partial charge in [-0.3, -0.25) is 4.79 Å². The molecule has 0 aliphatic rings. The van der Waals surface area contributed by atoms with Gasteiger partial charge < -0.3 is 15.4 Å². The number of carbonyl (C=O) groups is 1. The van der Waals surface area contributed by atoms with Crippen LogP contribution in [0.4, 0.5) is 17.2 Å². The van der Waals surface area contributed by atoms with E-state index in [9.17, 15) is 4.79 Å². The molecule has 0 saturated heterocycles. The summed E-state index contributed by atoms with van der Waals surface area (Å²) in [6.45, 7) is 6.24. The summed E-state index contributed by atoms with van der Waals surface area (Å²) in [7, 11) is 0. The molecule has 0 saturated carbocycles. The van der Waals surface area contributed by atoms with Crippen molar-refractivity contribution in [3.05, 3.63) is 42.6 Å². The molecular weight excluding hydrogens is 278 g/mol. The molecule has 22 heavy (non-hydrogen) atoms. The van der Waals surface area contributed by atoms with Crippen molar-refractivity contribution < 1.29 is 9.53 Å². The number of rotatable bonds is 6. The fourth-order valence-electron chi connectivity index (χ4n) is 1.82. The summed E-state index contributed by atoms with van der Waals surface area (Å²) in [5, 5.41) is 6.02. The quantitative estimate of drug-likeness (QED) is 0.851. The van der Waals surface area contributed by atoms with Crippen molar-refractivity contribution in [2.24, 2.45) is 5.92 Å². The first-order valence-corrected chi connectivity index (χ1v) is 7.36. The second-order valence-electron chi connectivity index (χ2n) is 5.13. The number of ether oxygens (including phenoxy) is 1. The van der Waals surface area contributed by atoms with Crippen LogP contribution in [0.5, 0.6) is 5.75 Å². The van der Waals surface area contributed by atoms with Crippen molar-refractivity contribution in [1.82, 2.24) is 4.98 Å². The largest absolute Gasteiger partial charge is 0.492 e. The predicted molar refractivity (Wildman–Crippen MR) is 88.6 cm³/mol. The Morgan fingerprint density at radius 1 is 1.23 bits per heavy atom. The lowest BCUT2D eigenvalue weighted by Gasteiger charge is -2.12. The number of hydrogen-bond donors (Lipinski definition) is 2. The van der Waals surface area contributed by atoms with Crippen molar-refractivity contribution in [2.45, 2.75) is 20.8 Å². The standard InChI is InChI=1S/C17H21N3O2/c1-4-22-15-8-6-5-7-14(15)19-13-9-10-16(18-11-13)20-17(21)12(2)3/h5-12,19H,4H2,1-3H3,(H,18,20,21). The van der Waals surface area contributed by atoms with Crippen molar-refractivity contribution in [1.29, 1.82) is 0 Å². The van der Waals surface area contributed by atoms with Crippen LogP contribution in [-0.2, 0) is 4.79 Å². The van der Waals surface area contributed by atoms with Gasteiger partial charge in [-0.1, -0.05) is 26.0 Å². The highest BCUT2D eigenvalue weighted by Gasteiger charge is 2.08. The smallest absolute Gasteiger partial charge is 0.228 e. The molecule has 0 unspecified atom stereocenters. The van der Waals surface area contributed by atoms with Crippen LogP contribution in [-0.4, -0.2) is 17.5 Å². The summed E-state index contributed by atoms with van der Waals surface area (Å²) in [5.74, 6) is 1.22. The van der Waals surface area contributed by atoms with E-state index in [0.717, 1.165) is 17.1 Å². The van der Waals surface area contributed by atoms with E-state index < -0.39 is 0 Å². The number of amides is 1. The van der Waals surface area contributed by atoms with Crippen molar-refractivity contribution in [3.8, 4) is 5.75 Å². The summed E-state index contributed by atoms with van der Waals surface area (Å²) < 4.78 is 5.57. The van der Waals surface area contributed by atoms with E-state index in [2.05, 4.69) is 15.6 Å². The number of para-hydroxylation sites is 2. The average Bonchev–Trinajstić information content (AvgIpc) is 2.51. The normalized spacial score (nSPS) is 10.4. The van der Waals surface area contributed by atoms with E-state index in [1.165, 1.54) is 0 Å². The number of hydrogen-bond acceptors (Lipinski definition) is 4. The summed E-state index contributed by atoms with van der Waals surface area (Å²) >= 11 is 0. The van der Waals surface area contributed by atoms with Gasteiger partial charge in [0.05, 0.1) is 24.2 Å². The van der Waals surface area contributed by atoms with Crippen LogP contribution in [0.2, 0.25) is 0 Å². The maximum absolute atomic E-state index is 11.6. The second-order valence-corrected chi connectivity index (χ2v) is 5.13. The average molecular weight is 299 g/mol. The van der Waals surface area contributed by atoms with Gasteiger partial charge in [-0.2, -0.15) is 0 Å². The van der Waals surface area contributed by atoms with Crippen LogP contribution < -0.4 is 15.4 Å². The van der Waals surface area contributed by atoms with Gasteiger partial charge in [-0.15, -0.1) is 0 Å². The Kier molecular flexibility index (Phi) is 5.36. The van der Waals surface area contributed by atoms with E-state index in [-0.39, 0.29) is 11.8 Å². The first kappa shape index (κ1) is 15.8. The molecule has 1 aromatic heterocycles. The third-order valence-corrected chi connectivity index (χ3v) is 3.01. The molecule has 116 valence electrons. The molecule has 0 radical (unpaired) electrons. The molecule has 0 atom stereocenters. The number of aromatic nitrogens is 1. The van der Waals surface area contributed by atoms with Crippen LogP contribution in [0.1, 0.15) is 20.8 Å². The minimum atomic E-state index is -0.0716. The zero-order valence-electron chi connectivity index (χ0n) is 13.1. The molecule has 1 amide bonds. The number of anilines is 3.